The molecule has 2 heterocycles. The Morgan fingerprint density at radius 2 is 1.79 bits per heavy atom. The van der Waals surface area contributed by atoms with Gasteiger partial charge in [-0.3, -0.25) is 9.69 Å². The summed E-state index contributed by atoms with van der Waals surface area (Å²) in [5.41, 5.74) is 4.16. The van der Waals surface area contributed by atoms with E-state index < -0.39 is 0 Å². The number of halogens is 1. The highest BCUT2D eigenvalue weighted by molar-refractivity contribution is 7.13. The second kappa shape index (κ2) is 12.7. The van der Waals surface area contributed by atoms with Crippen LogP contribution in [0.1, 0.15) is 59.8 Å². The fourth-order valence-electron chi connectivity index (χ4n) is 5.41. The van der Waals surface area contributed by atoms with Crippen molar-refractivity contribution >= 4 is 27.5 Å². The number of piperidine rings is 1. The minimum atomic E-state index is -0.200. The zero-order valence-corrected chi connectivity index (χ0v) is 23.6. The van der Waals surface area contributed by atoms with E-state index in [-0.39, 0.29) is 11.7 Å². The molecule has 5 rings (SSSR count). The molecule has 0 atom stereocenters. The number of rotatable bonds is 10. The van der Waals surface area contributed by atoms with Crippen LogP contribution in [0.5, 0.6) is 5.75 Å². The quantitative estimate of drug-likeness (QED) is 0.221. The SMILES string of the molecule is CCN(CC)C(=O)c1ccc(Cc2ccccc2OCCN2CCC(c3nsc4cc(F)ccc34)CC2)cc1. The molecule has 7 heteroatoms. The third kappa shape index (κ3) is 6.48. The van der Waals surface area contributed by atoms with Crippen LogP contribution >= 0.6 is 11.5 Å². The molecule has 0 N–H and O–H groups in total. The number of para-hydroxylation sites is 1. The van der Waals surface area contributed by atoms with Crippen molar-refractivity contribution in [1.29, 1.82) is 0 Å². The Labute approximate surface area is 234 Å². The summed E-state index contributed by atoms with van der Waals surface area (Å²) >= 11 is 1.40. The molecule has 39 heavy (non-hydrogen) atoms. The first-order valence-electron chi connectivity index (χ1n) is 13.9. The largest absolute Gasteiger partial charge is 0.492 e. The number of benzene rings is 3. The molecule has 1 aromatic heterocycles. The average molecular weight is 546 g/mol. The van der Waals surface area contributed by atoms with Gasteiger partial charge in [-0.25, -0.2) is 4.39 Å². The Hall–Kier alpha value is -3.29. The molecule has 204 valence electrons. The van der Waals surface area contributed by atoms with Gasteiger partial charge in [-0.2, -0.15) is 4.37 Å². The maximum Gasteiger partial charge on any atom is 0.253 e. The van der Waals surface area contributed by atoms with Crippen molar-refractivity contribution in [3.63, 3.8) is 0 Å². The van der Waals surface area contributed by atoms with Crippen molar-refractivity contribution < 1.29 is 13.9 Å². The maximum atomic E-state index is 13.5. The molecule has 0 unspecified atom stereocenters. The highest BCUT2D eigenvalue weighted by Gasteiger charge is 2.24. The van der Waals surface area contributed by atoms with Gasteiger partial charge < -0.3 is 9.64 Å². The van der Waals surface area contributed by atoms with Crippen molar-refractivity contribution in [3.8, 4) is 5.75 Å². The van der Waals surface area contributed by atoms with Crippen LogP contribution in [0.4, 0.5) is 4.39 Å². The number of aromatic nitrogens is 1. The first-order valence-corrected chi connectivity index (χ1v) is 14.7. The van der Waals surface area contributed by atoms with Crippen molar-refractivity contribution in [2.24, 2.45) is 0 Å². The monoisotopic (exact) mass is 545 g/mol. The minimum absolute atomic E-state index is 0.0784. The number of nitrogens with zero attached hydrogens (tertiary/aromatic N) is 3. The maximum absolute atomic E-state index is 13.5. The van der Waals surface area contributed by atoms with Gasteiger partial charge in [-0.15, -0.1) is 0 Å². The fourth-order valence-corrected chi connectivity index (χ4v) is 6.29. The summed E-state index contributed by atoms with van der Waals surface area (Å²) in [4.78, 5) is 16.9. The summed E-state index contributed by atoms with van der Waals surface area (Å²) in [6, 6.07) is 21.1. The number of likely N-dealkylation sites (tertiary alicyclic amines) is 1. The molecule has 1 saturated heterocycles. The van der Waals surface area contributed by atoms with E-state index in [9.17, 15) is 9.18 Å². The van der Waals surface area contributed by atoms with Gasteiger partial charge in [0.15, 0.2) is 0 Å². The zero-order chi connectivity index (χ0) is 27.2. The van der Waals surface area contributed by atoms with E-state index in [2.05, 4.69) is 15.3 Å². The number of carbonyl (C=O) groups excluding carboxylic acids is 1. The third-order valence-corrected chi connectivity index (χ3v) is 8.54. The van der Waals surface area contributed by atoms with Gasteiger partial charge >= 0.3 is 0 Å². The molecule has 0 spiro atoms. The molecule has 0 radical (unpaired) electrons. The van der Waals surface area contributed by atoms with Gasteiger partial charge in [0.1, 0.15) is 18.2 Å². The Balaban J connectivity index is 1.12. The lowest BCUT2D eigenvalue weighted by Gasteiger charge is -2.31. The molecule has 1 fully saturated rings. The molecule has 0 saturated carbocycles. The summed E-state index contributed by atoms with van der Waals surface area (Å²) in [5, 5.41) is 1.10. The molecule has 1 aliphatic rings. The van der Waals surface area contributed by atoms with Crippen LogP contribution in [0.2, 0.25) is 0 Å². The second-order valence-electron chi connectivity index (χ2n) is 10.1. The number of fused-ring (bicyclic) bond motifs is 1. The van der Waals surface area contributed by atoms with Crippen molar-refractivity contribution in [2.45, 2.75) is 39.0 Å². The first kappa shape index (κ1) is 27.3. The van der Waals surface area contributed by atoms with Crippen molar-refractivity contribution in [2.75, 3.05) is 39.3 Å². The lowest BCUT2D eigenvalue weighted by Crippen LogP contribution is -2.36. The Bertz CT molecular complexity index is 1390. The summed E-state index contributed by atoms with van der Waals surface area (Å²) in [5.74, 6) is 1.22. The number of hydrogen-bond acceptors (Lipinski definition) is 5. The predicted molar refractivity (Wildman–Crippen MR) is 156 cm³/mol. The molecule has 3 aromatic carbocycles. The van der Waals surface area contributed by atoms with Crippen LogP contribution < -0.4 is 4.74 Å². The Morgan fingerprint density at radius 3 is 2.54 bits per heavy atom. The molecular weight excluding hydrogens is 509 g/mol. The third-order valence-electron chi connectivity index (χ3n) is 7.72. The van der Waals surface area contributed by atoms with E-state index in [1.54, 1.807) is 6.07 Å². The molecular formula is C32H36FN3O2S. The van der Waals surface area contributed by atoms with Gasteiger partial charge in [0.2, 0.25) is 0 Å². The van der Waals surface area contributed by atoms with Gasteiger partial charge in [-0.1, -0.05) is 30.3 Å². The number of carbonyl (C=O) groups is 1. The second-order valence-corrected chi connectivity index (χ2v) is 10.9. The van der Waals surface area contributed by atoms with E-state index in [0.29, 0.717) is 25.6 Å². The smallest absolute Gasteiger partial charge is 0.253 e. The van der Waals surface area contributed by atoms with E-state index >= 15 is 0 Å². The number of amides is 1. The van der Waals surface area contributed by atoms with Crippen LogP contribution in [-0.2, 0) is 6.42 Å². The van der Waals surface area contributed by atoms with Crippen LogP contribution in [0.15, 0.2) is 66.7 Å². The summed E-state index contributed by atoms with van der Waals surface area (Å²) in [7, 11) is 0. The molecule has 1 aliphatic heterocycles. The van der Waals surface area contributed by atoms with Gasteiger partial charge in [0.25, 0.3) is 5.91 Å². The van der Waals surface area contributed by atoms with E-state index in [1.807, 2.05) is 67.3 Å². The molecule has 0 aliphatic carbocycles. The van der Waals surface area contributed by atoms with Gasteiger partial charge in [0.05, 0.1) is 10.4 Å². The topological polar surface area (TPSA) is 45.7 Å². The summed E-state index contributed by atoms with van der Waals surface area (Å²) < 4.78 is 25.4. The van der Waals surface area contributed by atoms with E-state index in [0.717, 1.165) is 77.1 Å². The summed E-state index contributed by atoms with van der Waals surface area (Å²) in [6.45, 7) is 8.97. The number of hydrogen-bond donors (Lipinski definition) is 0. The highest BCUT2D eigenvalue weighted by atomic mass is 32.1. The van der Waals surface area contributed by atoms with Crippen molar-refractivity contribution in [3.05, 3.63) is 94.9 Å². The normalized spacial score (nSPS) is 14.5. The first-order chi connectivity index (χ1) is 19.1. The molecule has 5 nitrogen and oxygen atoms in total. The molecule has 0 bridgehead atoms. The molecule has 4 aromatic rings. The fraction of sp³-hybridized carbons (Fsp3) is 0.375. The van der Waals surface area contributed by atoms with Gasteiger partial charge in [-0.05, 0) is 98.8 Å². The van der Waals surface area contributed by atoms with Crippen LogP contribution in [0, 0.1) is 5.82 Å². The van der Waals surface area contributed by atoms with Gasteiger partial charge in [0, 0.05) is 42.9 Å². The van der Waals surface area contributed by atoms with E-state index in [4.69, 9.17) is 4.74 Å². The minimum Gasteiger partial charge on any atom is -0.492 e. The summed E-state index contributed by atoms with van der Waals surface area (Å²) in [6.07, 6.45) is 2.87. The van der Waals surface area contributed by atoms with Crippen LogP contribution in [0.25, 0.3) is 10.1 Å². The molecule has 1 amide bonds. The Kier molecular flexibility index (Phi) is 8.89. The average Bonchev–Trinajstić information content (AvgIpc) is 3.38. The predicted octanol–water partition coefficient (Wildman–Crippen LogP) is 6.77. The highest BCUT2D eigenvalue weighted by Crippen LogP contribution is 2.34. The standard InChI is InChI=1S/C32H36FN3O2S/c1-3-36(4-2)32(37)25-11-9-23(10-12-25)21-26-7-5-6-8-29(26)38-20-19-35-17-15-24(16-18-35)31-28-14-13-27(33)22-30(28)39-34-31/h5-14,22,24H,3-4,15-21H2,1-2H3. The Morgan fingerprint density at radius 1 is 1.05 bits per heavy atom. The zero-order valence-electron chi connectivity index (χ0n) is 22.7. The van der Waals surface area contributed by atoms with Crippen LogP contribution in [0.3, 0.4) is 0 Å². The lowest BCUT2D eigenvalue weighted by molar-refractivity contribution is 0.0773. The lowest BCUT2D eigenvalue weighted by atomic mass is 9.91. The van der Waals surface area contributed by atoms with Crippen LogP contribution in [-0.4, -0.2) is 59.4 Å². The van der Waals surface area contributed by atoms with E-state index in [1.165, 1.54) is 17.6 Å². The number of ether oxygens (including phenoxy) is 1. The van der Waals surface area contributed by atoms with Crippen molar-refractivity contribution in [1.82, 2.24) is 14.2 Å².